The van der Waals surface area contributed by atoms with Gasteiger partial charge in [-0.25, -0.2) is 4.98 Å². The van der Waals surface area contributed by atoms with E-state index in [4.69, 9.17) is 4.98 Å². The number of pyridine rings is 1. The molecule has 2 aliphatic heterocycles. The van der Waals surface area contributed by atoms with Crippen molar-refractivity contribution in [3.63, 3.8) is 0 Å². The Morgan fingerprint density at radius 3 is 2.43 bits per heavy atom. The monoisotopic (exact) mass is 573 g/mol. The van der Waals surface area contributed by atoms with Gasteiger partial charge in [0.05, 0.1) is 22.6 Å². The molecule has 0 spiro atoms. The van der Waals surface area contributed by atoms with Gasteiger partial charge in [0.1, 0.15) is 0 Å². The van der Waals surface area contributed by atoms with E-state index in [2.05, 4.69) is 146 Å². The van der Waals surface area contributed by atoms with E-state index in [0.29, 0.717) is 35.5 Å². The molecular formula is C41H39N3. The third-order valence-electron chi connectivity index (χ3n) is 11.4. The Balaban J connectivity index is 1.18. The molecule has 3 nitrogen and oxygen atoms in total. The second kappa shape index (κ2) is 9.82. The van der Waals surface area contributed by atoms with E-state index < -0.39 is 0 Å². The quantitative estimate of drug-likeness (QED) is 0.331. The Morgan fingerprint density at radius 1 is 0.795 bits per heavy atom. The van der Waals surface area contributed by atoms with Crippen LogP contribution < -0.4 is 10.2 Å². The van der Waals surface area contributed by atoms with Crippen LogP contribution in [0.3, 0.4) is 0 Å². The van der Waals surface area contributed by atoms with Crippen LogP contribution in [0.5, 0.6) is 0 Å². The summed E-state index contributed by atoms with van der Waals surface area (Å²) in [5.74, 6) is 3.05. The number of para-hydroxylation sites is 2. The van der Waals surface area contributed by atoms with E-state index in [1.165, 1.54) is 39.2 Å². The normalized spacial score (nSPS) is 30.4. The number of hydrogen-bond donors (Lipinski definition) is 1. The van der Waals surface area contributed by atoms with Crippen LogP contribution in [0.2, 0.25) is 0 Å². The molecule has 2 aromatic carbocycles. The molecule has 4 aliphatic carbocycles. The first-order valence-corrected chi connectivity index (χ1v) is 16.4. The molecule has 0 amide bonds. The SMILES string of the molecule is CC1(C)C2C=CC=CC2C2C=CC=CC2C2C=C3CCN(c4ccccc4-c4nc5ccccc5c5c4C=CCN5)C3=CC21. The van der Waals surface area contributed by atoms with Crippen molar-refractivity contribution in [3.05, 3.63) is 132 Å². The molecule has 6 aliphatic rings. The molecule has 44 heavy (non-hydrogen) atoms. The maximum atomic E-state index is 5.31. The minimum absolute atomic E-state index is 0.119. The fourth-order valence-corrected chi connectivity index (χ4v) is 9.35. The van der Waals surface area contributed by atoms with Crippen molar-refractivity contribution in [1.29, 1.82) is 0 Å². The highest BCUT2D eigenvalue weighted by molar-refractivity contribution is 6.02. The lowest BCUT2D eigenvalue weighted by molar-refractivity contribution is 0.135. The van der Waals surface area contributed by atoms with Gasteiger partial charge in [-0.2, -0.15) is 0 Å². The minimum atomic E-state index is 0.119. The lowest BCUT2D eigenvalue weighted by Gasteiger charge is -2.44. The summed E-state index contributed by atoms with van der Waals surface area (Å²) in [5.41, 5.74) is 9.98. The van der Waals surface area contributed by atoms with Crippen molar-refractivity contribution in [2.24, 2.45) is 40.9 Å². The largest absolute Gasteiger partial charge is 0.380 e. The third kappa shape index (κ3) is 3.78. The summed E-state index contributed by atoms with van der Waals surface area (Å²) in [5, 5.41) is 4.85. The Labute approximate surface area is 260 Å². The number of rotatable bonds is 2. The zero-order valence-corrected chi connectivity index (χ0v) is 25.5. The highest BCUT2D eigenvalue weighted by Gasteiger charge is 2.52. The van der Waals surface area contributed by atoms with Gasteiger partial charge in [-0.1, -0.05) is 123 Å². The highest BCUT2D eigenvalue weighted by atomic mass is 15.2. The van der Waals surface area contributed by atoms with Crippen LogP contribution in [0.1, 0.15) is 25.8 Å². The summed E-state index contributed by atoms with van der Waals surface area (Å²) in [6, 6.07) is 17.5. The van der Waals surface area contributed by atoms with Gasteiger partial charge in [-0.05, 0) is 65.0 Å². The number of aromatic nitrogens is 1. The predicted molar refractivity (Wildman–Crippen MR) is 184 cm³/mol. The Bertz CT molecular complexity index is 1900. The molecule has 218 valence electrons. The maximum Gasteiger partial charge on any atom is 0.0823 e. The second-order valence-corrected chi connectivity index (χ2v) is 13.9. The van der Waals surface area contributed by atoms with Crippen LogP contribution >= 0.6 is 0 Å². The van der Waals surface area contributed by atoms with Crippen LogP contribution in [0, 0.1) is 40.9 Å². The van der Waals surface area contributed by atoms with Gasteiger partial charge in [0.2, 0.25) is 0 Å². The molecule has 1 saturated carbocycles. The molecule has 3 heteroatoms. The van der Waals surface area contributed by atoms with Gasteiger partial charge in [0.15, 0.2) is 0 Å². The van der Waals surface area contributed by atoms with E-state index in [1.54, 1.807) is 0 Å². The summed E-state index contributed by atoms with van der Waals surface area (Å²) in [6.07, 6.45) is 30.1. The lowest BCUT2D eigenvalue weighted by atomic mass is 9.61. The first kappa shape index (κ1) is 26.1. The zero-order valence-electron chi connectivity index (χ0n) is 25.5. The van der Waals surface area contributed by atoms with E-state index in [1.807, 2.05) is 0 Å². The van der Waals surface area contributed by atoms with Crippen LogP contribution in [-0.2, 0) is 0 Å². The van der Waals surface area contributed by atoms with Crippen LogP contribution in [0.15, 0.2) is 127 Å². The van der Waals surface area contributed by atoms with E-state index in [0.717, 1.165) is 30.7 Å². The van der Waals surface area contributed by atoms with Gasteiger partial charge in [-0.15, -0.1) is 0 Å². The third-order valence-corrected chi connectivity index (χ3v) is 11.4. The van der Waals surface area contributed by atoms with Crippen LogP contribution in [0.25, 0.3) is 28.2 Å². The van der Waals surface area contributed by atoms with Crippen molar-refractivity contribution < 1.29 is 0 Å². The first-order valence-electron chi connectivity index (χ1n) is 16.4. The summed E-state index contributed by atoms with van der Waals surface area (Å²) in [6.45, 7) is 6.90. The summed E-state index contributed by atoms with van der Waals surface area (Å²) in [4.78, 5) is 7.91. The first-order chi connectivity index (χ1) is 21.6. The number of allylic oxidation sites excluding steroid dienone is 11. The summed E-state index contributed by atoms with van der Waals surface area (Å²) >= 11 is 0. The standard InChI is InChI=1S/C41H39N3/c1-41(2)34-18-8-5-14-29(34)27-12-3-4-13-28(27)33-24-26-21-23-44(38(26)25-35(33)41)37-20-10-7-16-31(37)40-32-17-11-22-42-39(32)30-15-6-9-19-36(30)43-40/h3-20,24-25,27-29,33-35,42H,21-23H2,1-2H3. The molecule has 3 aromatic rings. The molecule has 6 atom stereocenters. The molecule has 1 saturated heterocycles. The van der Waals surface area contributed by atoms with Gasteiger partial charge < -0.3 is 10.2 Å². The molecule has 9 rings (SSSR count). The highest BCUT2D eigenvalue weighted by Crippen LogP contribution is 2.59. The maximum absolute atomic E-state index is 5.31. The summed E-state index contributed by atoms with van der Waals surface area (Å²) in [7, 11) is 0. The molecule has 6 unspecified atom stereocenters. The molecule has 1 N–H and O–H groups in total. The number of hydrogen-bond acceptors (Lipinski definition) is 3. The smallest absolute Gasteiger partial charge is 0.0823 e. The Kier molecular flexibility index (Phi) is 5.82. The fraction of sp³-hybridized carbons (Fsp3) is 0.293. The number of anilines is 2. The van der Waals surface area contributed by atoms with Crippen LogP contribution in [-0.4, -0.2) is 18.1 Å². The molecular weight excluding hydrogens is 534 g/mol. The number of benzene rings is 2. The van der Waals surface area contributed by atoms with Gasteiger partial charge in [-0.3, -0.25) is 0 Å². The molecule has 0 radical (unpaired) electrons. The zero-order chi connectivity index (χ0) is 29.4. The van der Waals surface area contributed by atoms with Crippen molar-refractivity contribution in [2.45, 2.75) is 20.3 Å². The van der Waals surface area contributed by atoms with Crippen molar-refractivity contribution >= 4 is 28.4 Å². The van der Waals surface area contributed by atoms with E-state index >= 15 is 0 Å². The number of nitrogens with one attached hydrogen (secondary N) is 1. The lowest BCUT2D eigenvalue weighted by Crippen LogP contribution is -2.38. The average Bonchev–Trinajstić information content (AvgIpc) is 3.47. The second-order valence-electron chi connectivity index (χ2n) is 13.9. The minimum Gasteiger partial charge on any atom is -0.380 e. The average molecular weight is 574 g/mol. The van der Waals surface area contributed by atoms with Crippen molar-refractivity contribution in [2.75, 3.05) is 23.3 Å². The Morgan fingerprint density at radius 2 is 1.55 bits per heavy atom. The van der Waals surface area contributed by atoms with Gasteiger partial charge >= 0.3 is 0 Å². The fourth-order valence-electron chi connectivity index (χ4n) is 9.35. The van der Waals surface area contributed by atoms with E-state index in [9.17, 15) is 0 Å². The summed E-state index contributed by atoms with van der Waals surface area (Å²) < 4.78 is 0. The molecule has 1 aromatic heterocycles. The topological polar surface area (TPSA) is 28.2 Å². The number of nitrogens with zero attached hydrogens (tertiary/aromatic N) is 2. The van der Waals surface area contributed by atoms with Crippen molar-refractivity contribution in [1.82, 2.24) is 4.98 Å². The van der Waals surface area contributed by atoms with E-state index in [-0.39, 0.29) is 5.41 Å². The Hall–Kier alpha value is -4.37. The van der Waals surface area contributed by atoms with Gasteiger partial charge in [0, 0.05) is 35.3 Å². The molecule has 3 heterocycles. The molecule has 2 fully saturated rings. The predicted octanol–water partition coefficient (Wildman–Crippen LogP) is 9.36. The van der Waals surface area contributed by atoms with Crippen molar-refractivity contribution in [3.8, 4) is 11.3 Å². The van der Waals surface area contributed by atoms with Gasteiger partial charge in [0.25, 0.3) is 0 Å². The molecule has 0 bridgehead atoms. The number of fused-ring (bicyclic) bond motifs is 9. The van der Waals surface area contributed by atoms with Crippen LogP contribution in [0.4, 0.5) is 11.4 Å².